The van der Waals surface area contributed by atoms with E-state index in [0.717, 1.165) is 23.5 Å². The van der Waals surface area contributed by atoms with E-state index in [1.807, 2.05) is 0 Å². The van der Waals surface area contributed by atoms with Crippen LogP contribution in [0.1, 0.15) is 9.80 Å². The van der Waals surface area contributed by atoms with Crippen molar-refractivity contribution in [2.24, 2.45) is 0 Å². The third kappa shape index (κ3) is 2.06. The highest BCUT2D eigenvalue weighted by Gasteiger charge is 2.14. The van der Waals surface area contributed by atoms with Gasteiger partial charge in [0.25, 0.3) is 5.91 Å². The number of nitrogens with one attached hydrogen (secondary N) is 1. The van der Waals surface area contributed by atoms with Crippen molar-refractivity contribution in [3.05, 3.63) is 46.4 Å². The van der Waals surface area contributed by atoms with E-state index in [2.05, 4.69) is 10.3 Å². The van der Waals surface area contributed by atoms with Crippen LogP contribution in [-0.2, 0) is 0 Å². The Morgan fingerprint density at radius 1 is 1.31 bits per heavy atom. The molecule has 1 amide bonds. The molecular weight excluding hydrogens is 234 g/mol. The lowest BCUT2D eigenvalue weighted by atomic mass is 10.3. The molecular formula is C10H6F2N2OS. The molecule has 16 heavy (non-hydrogen) atoms. The van der Waals surface area contributed by atoms with Gasteiger partial charge in [0.2, 0.25) is 0 Å². The summed E-state index contributed by atoms with van der Waals surface area (Å²) < 4.78 is 26.4. The Bertz CT molecular complexity index is 493. The fourth-order valence-electron chi connectivity index (χ4n) is 1.12. The van der Waals surface area contributed by atoms with Gasteiger partial charge in [-0.15, -0.1) is 11.3 Å². The molecule has 2 aromatic rings. The number of benzene rings is 1. The van der Waals surface area contributed by atoms with E-state index < -0.39 is 23.2 Å². The Labute approximate surface area is 93.8 Å². The molecule has 0 atom stereocenters. The summed E-state index contributed by atoms with van der Waals surface area (Å²) in [6, 6.07) is 3.37. The summed E-state index contributed by atoms with van der Waals surface area (Å²) >= 11 is 1.09. The Kier molecular flexibility index (Phi) is 2.91. The van der Waals surface area contributed by atoms with Crippen molar-refractivity contribution in [1.29, 1.82) is 0 Å². The zero-order valence-electron chi connectivity index (χ0n) is 7.91. The van der Waals surface area contributed by atoms with Gasteiger partial charge < -0.3 is 5.32 Å². The van der Waals surface area contributed by atoms with Crippen LogP contribution in [0.2, 0.25) is 0 Å². The first-order valence-electron chi connectivity index (χ1n) is 4.33. The smallest absolute Gasteiger partial charge is 0.284 e. The maximum Gasteiger partial charge on any atom is 0.284 e. The van der Waals surface area contributed by atoms with Gasteiger partial charge in [-0.05, 0) is 12.1 Å². The van der Waals surface area contributed by atoms with Crippen molar-refractivity contribution in [2.75, 3.05) is 5.32 Å². The van der Waals surface area contributed by atoms with E-state index in [0.29, 0.717) is 0 Å². The maximum atomic E-state index is 13.2. The highest BCUT2D eigenvalue weighted by molar-refractivity contribution is 7.11. The monoisotopic (exact) mass is 240 g/mol. The molecule has 0 unspecified atom stereocenters. The van der Waals surface area contributed by atoms with E-state index in [1.165, 1.54) is 12.3 Å². The lowest BCUT2D eigenvalue weighted by molar-refractivity contribution is 0.102. The standard InChI is InChI=1S/C10H6F2N2OS/c11-6-2-1-3-7(12)8(6)14-9(15)10-13-4-5-16-10/h1-5H,(H,14,15). The summed E-state index contributed by atoms with van der Waals surface area (Å²) in [6.07, 6.45) is 1.44. The minimum absolute atomic E-state index is 0.155. The predicted octanol–water partition coefficient (Wildman–Crippen LogP) is 2.67. The van der Waals surface area contributed by atoms with Gasteiger partial charge in [0.05, 0.1) is 0 Å². The molecule has 3 nitrogen and oxygen atoms in total. The number of carbonyl (C=O) groups is 1. The molecule has 0 aliphatic carbocycles. The zero-order valence-corrected chi connectivity index (χ0v) is 8.72. The van der Waals surface area contributed by atoms with Crippen molar-refractivity contribution in [2.45, 2.75) is 0 Å². The topological polar surface area (TPSA) is 42.0 Å². The van der Waals surface area contributed by atoms with Crippen LogP contribution in [-0.4, -0.2) is 10.9 Å². The van der Waals surface area contributed by atoms with Gasteiger partial charge in [-0.1, -0.05) is 6.07 Å². The molecule has 0 aliphatic heterocycles. The lowest BCUT2D eigenvalue weighted by Crippen LogP contribution is -2.13. The van der Waals surface area contributed by atoms with Gasteiger partial charge in [0, 0.05) is 11.6 Å². The Morgan fingerprint density at radius 2 is 2.00 bits per heavy atom. The number of rotatable bonds is 2. The highest BCUT2D eigenvalue weighted by atomic mass is 32.1. The van der Waals surface area contributed by atoms with Crippen LogP contribution in [0.4, 0.5) is 14.5 Å². The predicted molar refractivity (Wildman–Crippen MR) is 56.4 cm³/mol. The number of anilines is 1. The number of halogens is 2. The molecule has 0 saturated heterocycles. The molecule has 1 aromatic carbocycles. The minimum Gasteiger partial charge on any atom is -0.315 e. The quantitative estimate of drug-likeness (QED) is 0.876. The van der Waals surface area contributed by atoms with E-state index in [4.69, 9.17) is 0 Å². The van der Waals surface area contributed by atoms with E-state index >= 15 is 0 Å². The fraction of sp³-hybridized carbons (Fsp3) is 0. The van der Waals surface area contributed by atoms with Crippen LogP contribution in [0, 0.1) is 11.6 Å². The molecule has 0 bridgehead atoms. The minimum atomic E-state index is -0.815. The molecule has 6 heteroatoms. The number of para-hydroxylation sites is 1. The van der Waals surface area contributed by atoms with Gasteiger partial charge in [0.15, 0.2) is 5.01 Å². The number of aromatic nitrogens is 1. The number of nitrogens with zero attached hydrogens (tertiary/aromatic N) is 1. The second-order valence-electron chi connectivity index (χ2n) is 2.89. The number of amides is 1. The first-order valence-corrected chi connectivity index (χ1v) is 5.21. The van der Waals surface area contributed by atoms with Gasteiger partial charge in [-0.25, -0.2) is 13.8 Å². The van der Waals surface area contributed by atoms with Crippen LogP contribution >= 0.6 is 11.3 Å². The average Bonchev–Trinajstić information content (AvgIpc) is 2.76. The SMILES string of the molecule is O=C(Nc1c(F)cccc1F)c1nccs1. The molecule has 0 fully saturated rings. The van der Waals surface area contributed by atoms with Gasteiger partial charge in [-0.3, -0.25) is 4.79 Å². The summed E-state index contributed by atoms with van der Waals surface area (Å²) in [4.78, 5) is 15.2. The lowest BCUT2D eigenvalue weighted by Gasteiger charge is -2.05. The van der Waals surface area contributed by atoms with Crippen LogP contribution in [0.5, 0.6) is 0 Å². The van der Waals surface area contributed by atoms with E-state index in [1.54, 1.807) is 5.38 Å². The summed E-state index contributed by atoms with van der Waals surface area (Å²) in [7, 11) is 0. The maximum absolute atomic E-state index is 13.2. The van der Waals surface area contributed by atoms with Crippen molar-refractivity contribution in [3.8, 4) is 0 Å². The summed E-state index contributed by atoms with van der Waals surface area (Å²) in [5.74, 6) is -2.26. The molecule has 0 radical (unpaired) electrons. The number of thiazole rings is 1. The summed E-state index contributed by atoms with van der Waals surface area (Å²) in [6.45, 7) is 0. The largest absolute Gasteiger partial charge is 0.315 e. The second kappa shape index (κ2) is 4.36. The number of carbonyl (C=O) groups excluding carboxylic acids is 1. The first-order chi connectivity index (χ1) is 7.68. The van der Waals surface area contributed by atoms with Gasteiger partial charge in [-0.2, -0.15) is 0 Å². The van der Waals surface area contributed by atoms with Crippen molar-refractivity contribution in [1.82, 2.24) is 4.98 Å². The molecule has 1 aromatic heterocycles. The normalized spacial score (nSPS) is 10.1. The molecule has 82 valence electrons. The Hall–Kier alpha value is -1.82. The molecule has 1 N–H and O–H groups in total. The summed E-state index contributed by atoms with van der Waals surface area (Å²) in [5, 5.41) is 3.90. The van der Waals surface area contributed by atoms with Crippen molar-refractivity contribution in [3.63, 3.8) is 0 Å². The second-order valence-corrected chi connectivity index (χ2v) is 3.78. The molecule has 0 spiro atoms. The van der Waals surface area contributed by atoms with Crippen LogP contribution in [0.25, 0.3) is 0 Å². The van der Waals surface area contributed by atoms with Crippen LogP contribution in [0.3, 0.4) is 0 Å². The molecule has 0 aliphatic rings. The van der Waals surface area contributed by atoms with E-state index in [-0.39, 0.29) is 5.01 Å². The zero-order chi connectivity index (χ0) is 11.5. The van der Waals surface area contributed by atoms with Crippen molar-refractivity contribution >= 4 is 22.9 Å². The number of hydrogen-bond donors (Lipinski definition) is 1. The number of hydrogen-bond acceptors (Lipinski definition) is 3. The fourth-order valence-corrected chi connectivity index (χ4v) is 1.65. The van der Waals surface area contributed by atoms with Crippen LogP contribution < -0.4 is 5.32 Å². The molecule has 1 heterocycles. The Morgan fingerprint density at radius 3 is 2.56 bits per heavy atom. The third-order valence-electron chi connectivity index (χ3n) is 1.83. The highest BCUT2D eigenvalue weighted by Crippen LogP contribution is 2.19. The third-order valence-corrected chi connectivity index (χ3v) is 2.60. The van der Waals surface area contributed by atoms with Crippen molar-refractivity contribution < 1.29 is 13.6 Å². The van der Waals surface area contributed by atoms with Gasteiger partial charge in [0.1, 0.15) is 17.3 Å². The Balaban J connectivity index is 2.25. The van der Waals surface area contributed by atoms with Crippen LogP contribution in [0.15, 0.2) is 29.8 Å². The first kappa shape index (κ1) is 10.7. The average molecular weight is 240 g/mol. The van der Waals surface area contributed by atoms with Gasteiger partial charge >= 0.3 is 0 Å². The summed E-state index contributed by atoms with van der Waals surface area (Å²) in [5.41, 5.74) is -0.456. The molecule has 0 saturated carbocycles. The van der Waals surface area contributed by atoms with E-state index in [9.17, 15) is 13.6 Å². The molecule has 2 rings (SSSR count).